The Balaban J connectivity index is 3.23. The van der Waals surface area contributed by atoms with Crippen LogP contribution in [-0.4, -0.2) is 60.5 Å². The lowest BCUT2D eigenvalue weighted by molar-refractivity contribution is -0.139. The fourth-order valence-corrected chi connectivity index (χ4v) is 3.63. The van der Waals surface area contributed by atoms with Gasteiger partial charge in [0.15, 0.2) is 0 Å². The Morgan fingerprint density at radius 2 is 1.60 bits per heavy atom. The van der Waals surface area contributed by atoms with Crippen LogP contribution >= 0.6 is 0 Å². The van der Waals surface area contributed by atoms with Crippen LogP contribution in [0.5, 0.6) is 0 Å². The number of hydrogen-bond donors (Lipinski definition) is 3. The van der Waals surface area contributed by atoms with Crippen LogP contribution in [-0.2, 0) is 26.0 Å². The lowest BCUT2D eigenvalue weighted by Gasteiger charge is -2.38. The summed E-state index contributed by atoms with van der Waals surface area (Å²) < 4.78 is 39.7. The third kappa shape index (κ3) is 7.81. The van der Waals surface area contributed by atoms with Gasteiger partial charge in [0.2, 0.25) is 11.8 Å². The molecule has 7 nitrogen and oxygen atoms in total. The molecule has 0 bridgehead atoms. The number of aliphatic carboxylic acids is 1. The second-order valence-corrected chi connectivity index (χ2v) is 10.2. The Labute approximate surface area is 204 Å². The zero-order chi connectivity index (χ0) is 27.4. The summed E-state index contributed by atoms with van der Waals surface area (Å²) in [5, 5.41) is 14.7. The summed E-state index contributed by atoms with van der Waals surface area (Å²) in [5.74, 6) is -2.07. The van der Waals surface area contributed by atoms with E-state index in [-0.39, 0.29) is 12.1 Å². The first-order valence-corrected chi connectivity index (χ1v) is 11.1. The van der Waals surface area contributed by atoms with Crippen molar-refractivity contribution in [3.8, 4) is 0 Å². The van der Waals surface area contributed by atoms with Crippen molar-refractivity contribution in [2.24, 2.45) is 5.41 Å². The number of rotatable bonds is 9. The molecule has 0 aromatic heterocycles. The van der Waals surface area contributed by atoms with Crippen molar-refractivity contribution < 1.29 is 32.7 Å². The van der Waals surface area contributed by atoms with Gasteiger partial charge >= 0.3 is 12.1 Å². The van der Waals surface area contributed by atoms with E-state index in [2.05, 4.69) is 10.6 Å². The molecule has 0 fully saturated rings. The lowest BCUT2D eigenvalue weighted by Crippen LogP contribution is -2.60. The van der Waals surface area contributed by atoms with E-state index in [9.17, 15) is 27.6 Å². The summed E-state index contributed by atoms with van der Waals surface area (Å²) in [7, 11) is 3.03. The van der Waals surface area contributed by atoms with Crippen molar-refractivity contribution in [1.29, 1.82) is 0 Å². The van der Waals surface area contributed by atoms with Crippen molar-refractivity contribution >= 4 is 17.8 Å². The zero-order valence-electron chi connectivity index (χ0n) is 21.5. The molecule has 0 saturated heterocycles. The minimum absolute atomic E-state index is 0.0323. The predicted molar refractivity (Wildman–Crippen MR) is 128 cm³/mol. The molecule has 0 aliphatic rings. The van der Waals surface area contributed by atoms with Gasteiger partial charge in [-0.3, -0.25) is 9.59 Å². The Hall–Kier alpha value is -2.88. The van der Waals surface area contributed by atoms with E-state index in [0.29, 0.717) is 5.56 Å². The van der Waals surface area contributed by atoms with Crippen LogP contribution in [0.25, 0.3) is 0 Å². The number of carbonyl (C=O) groups excluding carboxylic acids is 2. The number of hydrogen-bond acceptors (Lipinski definition) is 4. The van der Waals surface area contributed by atoms with E-state index in [1.807, 2.05) is 0 Å². The molecular formula is C25H36F3N3O4. The van der Waals surface area contributed by atoms with E-state index in [1.165, 1.54) is 44.1 Å². The number of nitrogens with zero attached hydrogens (tertiary/aromatic N) is 1. The third-order valence-electron chi connectivity index (χ3n) is 5.99. The standard InChI is InChI=1S/C25H36F3N3O4/c1-15(22(34)35)12-13-31(8)21(33)19(23(2,3)4)30-20(32)18(29-7)24(5,6)16-10-9-11-17(14-16)25(26,27)28/h9-12,14,18-19,29H,13H2,1-8H3,(H,30,32)(H,34,35)/b15-12+. The number of carboxylic acids is 1. The van der Waals surface area contributed by atoms with Crippen LogP contribution in [0.4, 0.5) is 13.2 Å². The first kappa shape index (κ1) is 30.2. The number of halogens is 3. The maximum atomic E-state index is 13.4. The maximum Gasteiger partial charge on any atom is 0.416 e. The number of alkyl halides is 3. The number of carbonyl (C=O) groups is 3. The van der Waals surface area contributed by atoms with Gasteiger partial charge in [-0.25, -0.2) is 4.79 Å². The number of likely N-dealkylation sites (N-methyl/N-ethyl adjacent to an activating group) is 2. The molecule has 1 rings (SSSR count). The van der Waals surface area contributed by atoms with Crippen LogP contribution in [0.3, 0.4) is 0 Å². The number of carboxylic acid groups (broad SMARTS) is 1. The number of nitrogens with one attached hydrogen (secondary N) is 2. The third-order valence-corrected chi connectivity index (χ3v) is 5.99. The van der Waals surface area contributed by atoms with Gasteiger partial charge in [-0.2, -0.15) is 13.2 Å². The molecule has 1 aromatic rings. The molecule has 196 valence electrons. The molecule has 0 spiro atoms. The van der Waals surface area contributed by atoms with E-state index < -0.39 is 52.4 Å². The first-order chi connectivity index (χ1) is 15.8. The van der Waals surface area contributed by atoms with Gasteiger partial charge in [0, 0.05) is 24.6 Å². The molecule has 0 aliphatic heterocycles. The molecule has 0 aliphatic carbocycles. The van der Waals surface area contributed by atoms with E-state index in [0.717, 1.165) is 12.1 Å². The molecule has 0 radical (unpaired) electrons. The highest BCUT2D eigenvalue weighted by molar-refractivity contribution is 5.91. The van der Waals surface area contributed by atoms with E-state index >= 15 is 0 Å². The van der Waals surface area contributed by atoms with Gasteiger partial charge in [-0.1, -0.05) is 58.9 Å². The molecule has 10 heteroatoms. The quantitative estimate of drug-likeness (QED) is 0.451. The summed E-state index contributed by atoms with van der Waals surface area (Å²) in [6.07, 6.45) is -3.12. The Kier molecular flexibility index (Phi) is 9.68. The van der Waals surface area contributed by atoms with Gasteiger partial charge < -0.3 is 20.6 Å². The van der Waals surface area contributed by atoms with Crippen molar-refractivity contribution in [2.75, 3.05) is 20.6 Å². The van der Waals surface area contributed by atoms with Crippen LogP contribution in [0.15, 0.2) is 35.9 Å². The molecule has 2 atom stereocenters. The highest BCUT2D eigenvalue weighted by Crippen LogP contribution is 2.34. The summed E-state index contributed by atoms with van der Waals surface area (Å²) in [6.45, 7) is 10.1. The summed E-state index contributed by atoms with van der Waals surface area (Å²) in [5.41, 5.74) is -2.18. The number of benzene rings is 1. The van der Waals surface area contributed by atoms with Crippen LogP contribution < -0.4 is 10.6 Å². The van der Waals surface area contributed by atoms with Crippen molar-refractivity contribution in [3.63, 3.8) is 0 Å². The SMILES string of the molecule is CNC(C(=O)NC(C(=O)N(C)C/C=C(\C)C(=O)O)C(C)(C)C)C(C)(C)c1cccc(C(F)(F)F)c1. The second kappa shape index (κ2) is 11.2. The van der Waals surface area contributed by atoms with Crippen LogP contribution in [0.2, 0.25) is 0 Å². The normalized spacial score (nSPS) is 14.8. The van der Waals surface area contributed by atoms with Gasteiger partial charge in [-0.15, -0.1) is 0 Å². The highest BCUT2D eigenvalue weighted by Gasteiger charge is 2.41. The van der Waals surface area contributed by atoms with Crippen LogP contribution in [0.1, 0.15) is 52.7 Å². The summed E-state index contributed by atoms with van der Waals surface area (Å²) in [4.78, 5) is 38.9. The van der Waals surface area contributed by atoms with Gasteiger partial charge in [-0.05, 0) is 31.0 Å². The maximum absolute atomic E-state index is 13.4. The molecule has 35 heavy (non-hydrogen) atoms. The van der Waals surface area contributed by atoms with Gasteiger partial charge in [0.25, 0.3) is 0 Å². The fraction of sp³-hybridized carbons (Fsp3) is 0.560. The highest BCUT2D eigenvalue weighted by atomic mass is 19.4. The van der Waals surface area contributed by atoms with Gasteiger partial charge in [0.05, 0.1) is 11.6 Å². The van der Waals surface area contributed by atoms with E-state index in [1.54, 1.807) is 34.6 Å². The number of amides is 2. The molecule has 2 amide bonds. The monoisotopic (exact) mass is 499 g/mol. The minimum Gasteiger partial charge on any atom is -0.478 e. The van der Waals surface area contributed by atoms with Crippen LogP contribution in [0, 0.1) is 5.41 Å². The smallest absolute Gasteiger partial charge is 0.416 e. The fourth-order valence-electron chi connectivity index (χ4n) is 3.63. The van der Waals surface area contributed by atoms with Crippen molar-refractivity contribution in [2.45, 2.75) is 65.2 Å². The largest absolute Gasteiger partial charge is 0.478 e. The Morgan fingerprint density at radius 1 is 1.06 bits per heavy atom. The summed E-state index contributed by atoms with van der Waals surface area (Å²) >= 11 is 0. The summed E-state index contributed by atoms with van der Waals surface area (Å²) in [6, 6.07) is 2.90. The molecule has 1 aromatic carbocycles. The average Bonchev–Trinajstić information content (AvgIpc) is 2.73. The molecule has 3 N–H and O–H groups in total. The predicted octanol–water partition coefficient (Wildman–Crippen LogP) is 3.59. The van der Waals surface area contributed by atoms with Crippen molar-refractivity contribution in [1.82, 2.24) is 15.5 Å². The molecule has 0 saturated carbocycles. The molecule has 2 unspecified atom stereocenters. The first-order valence-electron chi connectivity index (χ1n) is 11.1. The lowest BCUT2D eigenvalue weighted by atomic mass is 9.76. The topological polar surface area (TPSA) is 98.7 Å². The minimum atomic E-state index is -4.52. The second-order valence-electron chi connectivity index (χ2n) is 10.2. The molecule has 0 heterocycles. The zero-order valence-corrected chi connectivity index (χ0v) is 21.5. The Bertz CT molecular complexity index is 965. The van der Waals surface area contributed by atoms with Gasteiger partial charge in [0.1, 0.15) is 6.04 Å². The Morgan fingerprint density at radius 3 is 2.06 bits per heavy atom. The van der Waals surface area contributed by atoms with Crippen molar-refractivity contribution in [3.05, 3.63) is 47.0 Å². The van der Waals surface area contributed by atoms with E-state index in [4.69, 9.17) is 5.11 Å². The molecular weight excluding hydrogens is 463 g/mol. The average molecular weight is 500 g/mol.